The Hall–Kier alpha value is -4.41. The second-order valence-corrected chi connectivity index (χ2v) is 10.4. The summed E-state index contributed by atoms with van der Waals surface area (Å²) in [4.78, 5) is 64.0. The highest BCUT2D eigenvalue weighted by Crippen LogP contribution is 2.27. The lowest BCUT2D eigenvalue weighted by molar-refractivity contribution is -0.233. The molecule has 0 radical (unpaired) electrons. The fraction of sp³-hybridized carbons (Fsp3) is 0.433. The monoisotopic (exact) mass is 630 g/mol. The van der Waals surface area contributed by atoms with Crippen molar-refractivity contribution in [1.29, 1.82) is 0 Å². The van der Waals surface area contributed by atoms with Crippen molar-refractivity contribution >= 4 is 29.7 Å². The maximum Gasteiger partial charge on any atom is 0.329 e. The highest BCUT2D eigenvalue weighted by molar-refractivity contribution is 5.98. The third-order valence-corrected chi connectivity index (χ3v) is 7.19. The maximum atomic E-state index is 13.8. The quantitative estimate of drug-likeness (QED) is 0.128. The molecule has 1 fully saturated rings. The van der Waals surface area contributed by atoms with Crippen molar-refractivity contribution < 1.29 is 53.5 Å². The minimum atomic E-state index is -1.57. The average Bonchev–Trinajstić information content (AvgIpc) is 3.03. The number of carboxylic acid groups (broad SMARTS) is 1. The molecule has 0 aromatic heterocycles. The summed E-state index contributed by atoms with van der Waals surface area (Å²) in [5.41, 5.74) is 12.7. The Morgan fingerprint density at radius 3 is 2.24 bits per heavy atom. The number of carboxylic acids is 1. The minimum Gasteiger partial charge on any atom is -0.480 e. The molecule has 1 heterocycles. The number of aliphatic hydroxyl groups is 2. The van der Waals surface area contributed by atoms with Gasteiger partial charge in [-0.25, -0.2) is 4.79 Å². The fourth-order valence-electron chi connectivity index (χ4n) is 4.75. The number of aliphatic carboxylic acids is 1. The summed E-state index contributed by atoms with van der Waals surface area (Å²) in [7, 11) is 0. The van der Waals surface area contributed by atoms with Gasteiger partial charge in [0.15, 0.2) is 6.23 Å². The van der Waals surface area contributed by atoms with Crippen LogP contribution in [0.3, 0.4) is 0 Å². The Labute approximate surface area is 259 Å². The van der Waals surface area contributed by atoms with Crippen LogP contribution >= 0.6 is 0 Å². The normalized spacial score (nSPS) is 22.4. The van der Waals surface area contributed by atoms with E-state index in [2.05, 4.69) is 5.32 Å². The first-order chi connectivity index (χ1) is 21.4. The molecule has 0 bridgehead atoms. The van der Waals surface area contributed by atoms with Gasteiger partial charge in [0.2, 0.25) is 11.8 Å². The number of primary amides is 1. The highest BCUT2D eigenvalue weighted by atomic mass is 16.6. The summed E-state index contributed by atoms with van der Waals surface area (Å²) >= 11 is 0. The fourth-order valence-corrected chi connectivity index (χ4v) is 4.75. The van der Waals surface area contributed by atoms with E-state index < -0.39 is 85.5 Å². The van der Waals surface area contributed by atoms with Crippen molar-refractivity contribution in [3.05, 3.63) is 71.8 Å². The van der Waals surface area contributed by atoms with Crippen molar-refractivity contribution in [1.82, 2.24) is 10.2 Å². The van der Waals surface area contributed by atoms with Crippen molar-refractivity contribution in [3.63, 3.8) is 0 Å². The third kappa shape index (κ3) is 9.54. The molecule has 1 unspecified atom stereocenters. The van der Waals surface area contributed by atoms with Gasteiger partial charge in [-0.2, -0.15) is 0 Å². The van der Waals surface area contributed by atoms with Crippen LogP contribution in [-0.4, -0.2) is 106 Å². The van der Waals surface area contributed by atoms with Crippen LogP contribution in [0.1, 0.15) is 35.7 Å². The lowest BCUT2D eigenvalue weighted by Crippen LogP contribution is -2.70. The van der Waals surface area contributed by atoms with Crippen LogP contribution < -0.4 is 16.8 Å². The summed E-state index contributed by atoms with van der Waals surface area (Å²) in [5.74, 6) is -4.54. The molecule has 2 aromatic rings. The van der Waals surface area contributed by atoms with E-state index in [4.69, 9.17) is 30.8 Å². The molecule has 7 atom stereocenters. The molecule has 15 nitrogen and oxygen atoms in total. The first kappa shape index (κ1) is 35.1. The molecule has 3 rings (SSSR count). The second-order valence-electron chi connectivity index (χ2n) is 10.4. The molecule has 3 amide bonds. The van der Waals surface area contributed by atoms with Gasteiger partial charge < -0.3 is 46.3 Å². The molecule has 1 aliphatic rings. The molecule has 8 N–H and O–H groups in total. The number of nitrogens with zero attached hydrogens (tertiary/aromatic N) is 1. The Kier molecular flexibility index (Phi) is 12.9. The third-order valence-electron chi connectivity index (χ3n) is 7.19. The van der Waals surface area contributed by atoms with Gasteiger partial charge >= 0.3 is 11.9 Å². The van der Waals surface area contributed by atoms with E-state index in [1.54, 1.807) is 42.5 Å². The molecule has 0 aliphatic carbocycles. The van der Waals surface area contributed by atoms with Crippen LogP contribution in [0.4, 0.5) is 0 Å². The number of carbonyl (C=O) groups is 5. The number of esters is 1. The summed E-state index contributed by atoms with van der Waals surface area (Å²) in [6.07, 6.45) is -6.32. The molecule has 2 aromatic carbocycles. The topological polar surface area (TPSA) is 241 Å². The van der Waals surface area contributed by atoms with Gasteiger partial charge in [0.25, 0.3) is 5.91 Å². The predicted molar refractivity (Wildman–Crippen MR) is 156 cm³/mol. The van der Waals surface area contributed by atoms with Gasteiger partial charge in [-0.1, -0.05) is 48.5 Å². The first-order valence-electron chi connectivity index (χ1n) is 14.1. The van der Waals surface area contributed by atoms with Crippen LogP contribution in [-0.2, 0) is 40.0 Å². The maximum absolute atomic E-state index is 13.8. The van der Waals surface area contributed by atoms with Crippen LogP contribution in [0.15, 0.2) is 60.7 Å². The van der Waals surface area contributed by atoms with Gasteiger partial charge in [-0.3, -0.25) is 24.1 Å². The number of nitrogens with two attached hydrogens (primary N) is 2. The lowest BCUT2D eigenvalue weighted by Gasteiger charge is -2.47. The molecule has 15 heteroatoms. The Morgan fingerprint density at radius 2 is 1.67 bits per heavy atom. The standard InChI is InChI=1S/C30H38N4O11/c1-17(28(41)33-20(27(32)40)12-13-23(38)43-15-18-8-4-2-5-9-18)34(29(42)19-10-6-3-7-11-19)30-24(31)26(44-16-22(36)37)25(39)21(14-35)45-30/h2-11,17,20-21,24-26,30,35,39H,12-16,31H2,1H3,(H2,32,40)(H,33,41)(H,36,37)/t17-,20+,21+,24+,25+,26+,30?/m0/s1. The number of nitrogens with one attached hydrogen (secondary N) is 1. The van der Waals surface area contributed by atoms with E-state index in [1.165, 1.54) is 19.1 Å². The molecular formula is C30H38N4O11. The van der Waals surface area contributed by atoms with Crippen molar-refractivity contribution in [2.45, 2.75) is 69.0 Å². The number of hydrogen-bond donors (Lipinski definition) is 6. The molecule has 0 saturated carbocycles. The zero-order valence-corrected chi connectivity index (χ0v) is 24.6. The van der Waals surface area contributed by atoms with Crippen LogP contribution in [0.25, 0.3) is 0 Å². The summed E-state index contributed by atoms with van der Waals surface area (Å²) < 4.78 is 16.3. The number of hydrogen-bond acceptors (Lipinski definition) is 11. The van der Waals surface area contributed by atoms with E-state index in [1.807, 2.05) is 6.07 Å². The molecule has 1 aliphatic heterocycles. The summed E-state index contributed by atoms with van der Waals surface area (Å²) in [6, 6.07) is 12.6. The molecule has 0 spiro atoms. The lowest BCUT2D eigenvalue weighted by atomic mass is 9.94. The number of amides is 3. The van der Waals surface area contributed by atoms with E-state index >= 15 is 0 Å². The zero-order valence-electron chi connectivity index (χ0n) is 24.6. The number of ether oxygens (including phenoxy) is 3. The van der Waals surface area contributed by atoms with E-state index in [-0.39, 0.29) is 25.0 Å². The first-order valence-corrected chi connectivity index (χ1v) is 14.1. The Bertz CT molecular complexity index is 1310. The van der Waals surface area contributed by atoms with Crippen LogP contribution in [0.5, 0.6) is 0 Å². The Balaban J connectivity index is 1.81. The SMILES string of the molecule is C[C@@H](C(=O)N[C@H](CCC(=O)OCc1ccccc1)C(N)=O)N(C(=O)c1ccccc1)C1O[C@H](CO)[C@@H](O)[C@H](OCC(=O)O)[C@H]1N. The van der Waals surface area contributed by atoms with E-state index in [9.17, 15) is 34.2 Å². The van der Waals surface area contributed by atoms with E-state index in [0.717, 1.165) is 10.5 Å². The molecular weight excluding hydrogens is 592 g/mol. The van der Waals surface area contributed by atoms with Gasteiger partial charge in [0, 0.05) is 12.0 Å². The van der Waals surface area contributed by atoms with Crippen LogP contribution in [0.2, 0.25) is 0 Å². The van der Waals surface area contributed by atoms with Crippen molar-refractivity contribution in [3.8, 4) is 0 Å². The van der Waals surface area contributed by atoms with Crippen molar-refractivity contribution in [2.75, 3.05) is 13.2 Å². The van der Waals surface area contributed by atoms with Crippen molar-refractivity contribution in [2.24, 2.45) is 11.5 Å². The van der Waals surface area contributed by atoms with Gasteiger partial charge in [-0.15, -0.1) is 0 Å². The van der Waals surface area contributed by atoms with Gasteiger partial charge in [0.1, 0.15) is 43.6 Å². The zero-order chi connectivity index (χ0) is 33.1. The van der Waals surface area contributed by atoms with Crippen LogP contribution in [0, 0.1) is 0 Å². The molecule has 45 heavy (non-hydrogen) atoms. The number of rotatable bonds is 15. The molecule has 244 valence electrons. The number of carbonyl (C=O) groups excluding carboxylic acids is 4. The average molecular weight is 631 g/mol. The number of benzene rings is 2. The minimum absolute atomic E-state index is 0.0171. The number of aliphatic hydroxyl groups excluding tert-OH is 2. The molecule has 1 saturated heterocycles. The van der Waals surface area contributed by atoms with E-state index in [0.29, 0.717) is 0 Å². The Morgan fingerprint density at radius 1 is 1.04 bits per heavy atom. The second kappa shape index (κ2) is 16.6. The smallest absolute Gasteiger partial charge is 0.329 e. The summed E-state index contributed by atoms with van der Waals surface area (Å²) in [5, 5.41) is 32.1. The highest BCUT2D eigenvalue weighted by Gasteiger charge is 2.49. The van der Waals surface area contributed by atoms with Gasteiger partial charge in [0.05, 0.1) is 12.6 Å². The van der Waals surface area contributed by atoms with Gasteiger partial charge in [-0.05, 0) is 31.0 Å². The predicted octanol–water partition coefficient (Wildman–Crippen LogP) is -1.11. The largest absolute Gasteiger partial charge is 0.480 e. The summed E-state index contributed by atoms with van der Waals surface area (Å²) in [6.45, 7) is -0.264.